The first-order chi connectivity index (χ1) is 7.16. The van der Waals surface area contributed by atoms with Crippen molar-refractivity contribution in [1.29, 1.82) is 0 Å². The Bertz CT molecular complexity index is 241. The van der Waals surface area contributed by atoms with Crippen molar-refractivity contribution in [2.75, 3.05) is 6.54 Å². The predicted molar refractivity (Wildman–Crippen MR) is 57.4 cm³/mol. The first kappa shape index (κ1) is 10.9. The topological polar surface area (TPSA) is 61.4 Å². The van der Waals surface area contributed by atoms with Crippen molar-refractivity contribution < 1.29 is 9.90 Å². The van der Waals surface area contributed by atoms with Crippen molar-refractivity contribution in [1.82, 2.24) is 10.6 Å². The molecule has 0 aromatic carbocycles. The highest BCUT2D eigenvalue weighted by Gasteiger charge is 2.31. The van der Waals surface area contributed by atoms with E-state index in [1.165, 1.54) is 19.3 Å². The van der Waals surface area contributed by atoms with E-state index in [1.54, 1.807) is 0 Å². The highest BCUT2D eigenvalue weighted by atomic mass is 16.3. The molecule has 1 aliphatic heterocycles. The van der Waals surface area contributed by atoms with Gasteiger partial charge < -0.3 is 15.7 Å². The molecule has 2 aliphatic rings. The lowest BCUT2D eigenvalue weighted by Gasteiger charge is -2.32. The maximum atomic E-state index is 11.8. The summed E-state index contributed by atoms with van der Waals surface area (Å²) in [5.41, 5.74) is 0. The van der Waals surface area contributed by atoms with Crippen LogP contribution in [0, 0.1) is 5.92 Å². The van der Waals surface area contributed by atoms with Crippen LogP contribution < -0.4 is 10.6 Å². The molecule has 0 aromatic rings. The van der Waals surface area contributed by atoms with Crippen LogP contribution in [0.2, 0.25) is 0 Å². The molecule has 3 atom stereocenters. The van der Waals surface area contributed by atoms with E-state index in [4.69, 9.17) is 0 Å². The molecule has 86 valence electrons. The minimum Gasteiger partial charge on any atom is -0.392 e. The molecule has 1 heterocycles. The standard InChI is InChI=1S/C11H20N2O2/c1-7(8-3-2-4-8)13-11(15)10-5-9(14)6-12-10/h7-10,12,14H,2-6H2,1H3,(H,13,15). The summed E-state index contributed by atoms with van der Waals surface area (Å²) in [4.78, 5) is 11.8. The molecular weight excluding hydrogens is 192 g/mol. The molecule has 4 heteroatoms. The fraction of sp³-hybridized carbons (Fsp3) is 0.909. The number of hydrogen-bond donors (Lipinski definition) is 3. The summed E-state index contributed by atoms with van der Waals surface area (Å²) in [6, 6.07) is 0.0910. The Balaban J connectivity index is 1.76. The van der Waals surface area contributed by atoms with Gasteiger partial charge in [0, 0.05) is 12.6 Å². The van der Waals surface area contributed by atoms with Crippen LogP contribution in [-0.2, 0) is 4.79 Å². The van der Waals surface area contributed by atoms with E-state index < -0.39 is 0 Å². The van der Waals surface area contributed by atoms with E-state index >= 15 is 0 Å². The summed E-state index contributed by atoms with van der Waals surface area (Å²) in [6.45, 7) is 2.61. The minimum absolute atomic E-state index is 0.0472. The molecule has 1 aliphatic carbocycles. The smallest absolute Gasteiger partial charge is 0.237 e. The van der Waals surface area contributed by atoms with Gasteiger partial charge in [0.15, 0.2) is 0 Å². The number of carbonyl (C=O) groups excluding carboxylic acids is 1. The fourth-order valence-corrected chi connectivity index (χ4v) is 2.30. The van der Waals surface area contributed by atoms with Gasteiger partial charge >= 0.3 is 0 Å². The molecule has 2 rings (SSSR count). The van der Waals surface area contributed by atoms with E-state index in [9.17, 15) is 9.90 Å². The summed E-state index contributed by atoms with van der Waals surface area (Å²) in [6.07, 6.45) is 3.96. The third-order valence-electron chi connectivity index (χ3n) is 3.65. The Morgan fingerprint density at radius 3 is 2.73 bits per heavy atom. The molecule has 3 unspecified atom stereocenters. The van der Waals surface area contributed by atoms with Gasteiger partial charge in [-0.2, -0.15) is 0 Å². The van der Waals surface area contributed by atoms with Gasteiger partial charge in [0.05, 0.1) is 12.1 Å². The molecule has 0 spiro atoms. The Labute approximate surface area is 90.4 Å². The van der Waals surface area contributed by atoms with Gasteiger partial charge in [-0.25, -0.2) is 0 Å². The summed E-state index contributed by atoms with van der Waals surface area (Å²) < 4.78 is 0. The van der Waals surface area contributed by atoms with E-state index in [2.05, 4.69) is 17.6 Å². The molecule has 1 amide bonds. The summed E-state index contributed by atoms with van der Waals surface area (Å²) in [5.74, 6) is 0.714. The molecule has 4 nitrogen and oxygen atoms in total. The largest absolute Gasteiger partial charge is 0.392 e. The van der Waals surface area contributed by atoms with Crippen molar-refractivity contribution in [3.05, 3.63) is 0 Å². The van der Waals surface area contributed by atoms with Gasteiger partial charge in [-0.3, -0.25) is 4.79 Å². The molecule has 15 heavy (non-hydrogen) atoms. The Morgan fingerprint density at radius 1 is 1.53 bits per heavy atom. The lowest BCUT2D eigenvalue weighted by molar-refractivity contribution is -0.124. The number of aliphatic hydroxyl groups is 1. The number of β-amino-alcohol motifs (C(OH)–C–C–N with tert-alkyl or cyclic N) is 1. The molecule has 0 radical (unpaired) electrons. The lowest BCUT2D eigenvalue weighted by atomic mass is 9.80. The zero-order chi connectivity index (χ0) is 10.8. The average Bonchev–Trinajstić information content (AvgIpc) is 2.48. The summed E-state index contributed by atoms with van der Waals surface area (Å²) >= 11 is 0. The van der Waals surface area contributed by atoms with Crippen molar-refractivity contribution in [2.24, 2.45) is 5.92 Å². The Morgan fingerprint density at radius 2 is 2.27 bits per heavy atom. The molecule has 3 N–H and O–H groups in total. The van der Waals surface area contributed by atoms with E-state index in [-0.39, 0.29) is 24.1 Å². The third kappa shape index (κ3) is 2.49. The van der Waals surface area contributed by atoms with Crippen molar-refractivity contribution >= 4 is 5.91 Å². The maximum Gasteiger partial charge on any atom is 0.237 e. The average molecular weight is 212 g/mol. The van der Waals surface area contributed by atoms with Crippen LogP contribution in [0.5, 0.6) is 0 Å². The zero-order valence-corrected chi connectivity index (χ0v) is 9.20. The number of carbonyl (C=O) groups is 1. The lowest BCUT2D eigenvalue weighted by Crippen LogP contribution is -2.47. The number of rotatable bonds is 3. The molecule has 0 aromatic heterocycles. The van der Waals surface area contributed by atoms with E-state index in [0.717, 1.165) is 0 Å². The molecule has 1 saturated carbocycles. The van der Waals surface area contributed by atoms with E-state index in [1.807, 2.05) is 0 Å². The summed E-state index contributed by atoms with van der Waals surface area (Å²) in [7, 11) is 0. The maximum absolute atomic E-state index is 11.8. The fourth-order valence-electron chi connectivity index (χ4n) is 2.30. The van der Waals surface area contributed by atoms with Crippen molar-refractivity contribution in [3.63, 3.8) is 0 Å². The van der Waals surface area contributed by atoms with Gasteiger partial charge in [-0.05, 0) is 32.1 Å². The molecule has 1 saturated heterocycles. The normalized spacial score (nSPS) is 33.5. The quantitative estimate of drug-likeness (QED) is 0.618. The number of nitrogens with one attached hydrogen (secondary N) is 2. The van der Waals surface area contributed by atoms with Gasteiger partial charge in [-0.1, -0.05) is 6.42 Å². The van der Waals surface area contributed by atoms with Gasteiger partial charge in [0.25, 0.3) is 0 Å². The monoisotopic (exact) mass is 212 g/mol. The molecular formula is C11H20N2O2. The second-order valence-corrected chi connectivity index (χ2v) is 4.84. The van der Waals surface area contributed by atoms with Crippen LogP contribution in [0.3, 0.4) is 0 Å². The Kier molecular flexibility index (Phi) is 3.26. The van der Waals surface area contributed by atoms with Crippen LogP contribution in [0.4, 0.5) is 0 Å². The van der Waals surface area contributed by atoms with E-state index in [0.29, 0.717) is 18.9 Å². The van der Waals surface area contributed by atoms with Gasteiger partial charge in [0.2, 0.25) is 5.91 Å². The van der Waals surface area contributed by atoms with Crippen molar-refractivity contribution in [3.8, 4) is 0 Å². The SMILES string of the molecule is CC(NC(=O)C1CC(O)CN1)C1CCC1. The molecule has 0 bridgehead atoms. The van der Waals surface area contributed by atoms with Crippen LogP contribution in [-0.4, -0.2) is 35.7 Å². The summed E-state index contributed by atoms with van der Waals surface area (Å²) in [5, 5.41) is 15.4. The second-order valence-electron chi connectivity index (χ2n) is 4.84. The van der Waals surface area contributed by atoms with Gasteiger partial charge in [-0.15, -0.1) is 0 Å². The van der Waals surface area contributed by atoms with Crippen LogP contribution >= 0.6 is 0 Å². The van der Waals surface area contributed by atoms with Crippen LogP contribution in [0.25, 0.3) is 0 Å². The first-order valence-corrected chi connectivity index (χ1v) is 5.88. The molecule has 2 fully saturated rings. The van der Waals surface area contributed by atoms with Gasteiger partial charge in [0.1, 0.15) is 0 Å². The number of amides is 1. The van der Waals surface area contributed by atoms with Crippen molar-refractivity contribution in [2.45, 2.75) is 50.8 Å². The highest BCUT2D eigenvalue weighted by Crippen LogP contribution is 2.29. The Hall–Kier alpha value is -0.610. The van der Waals surface area contributed by atoms with Crippen LogP contribution in [0.15, 0.2) is 0 Å². The highest BCUT2D eigenvalue weighted by molar-refractivity contribution is 5.82. The van der Waals surface area contributed by atoms with Crippen LogP contribution in [0.1, 0.15) is 32.6 Å². The number of aliphatic hydroxyl groups excluding tert-OH is 1. The predicted octanol–water partition coefficient (Wildman–Crippen LogP) is 0.0140. The minimum atomic E-state index is -0.361. The second kappa shape index (κ2) is 4.49. The third-order valence-corrected chi connectivity index (χ3v) is 3.65. The first-order valence-electron chi connectivity index (χ1n) is 5.88. The zero-order valence-electron chi connectivity index (χ0n) is 9.20. The number of hydrogen-bond acceptors (Lipinski definition) is 3.